The first-order chi connectivity index (χ1) is 16.0. The molecule has 2 N–H and O–H groups in total. The van der Waals surface area contributed by atoms with Crippen LogP contribution in [0.2, 0.25) is 0 Å². The third-order valence-electron chi connectivity index (χ3n) is 5.37. The van der Waals surface area contributed by atoms with Crippen molar-refractivity contribution in [2.24, 2.45) is 0 Å². The van der Waals surface area contributed by atoms with Crippen LogP contribution in [0.25, 0.3) is 10.9 Å². The molecule has 0 bridgehead atoms. The van der Waals surface area contributed by atoms with E-state index in [2.05, 4.69) is 22.4 Å². The quantitative estimate of drug-likeness (QED) is 0.352. The molecule has 0 fully saturated rings. The Morgan fingerprint density at radius 1 is 1.00 bits per heavy atom. The molecule has 0 aliphatic heterocycles. The molecule has 0 aliphatic carbocycles. The van der Waals surface area contributed by atoms with E-state index in [0.29, 0.717) is 30.4 Å². The zero-order valence-electron chi connectivity index (χ0n) is 18.8. The van der Waals surface area contributed by atoms with Crippen molar-refractivity contribution in [1.82, 2.24) is 9.88 Å². The first-order valence-corrected chi connectivity index (χ1v) is 11.4. The van der Waals surface area contributed by atoms with E-state index in [0.717, 1.165) is 27.9 Å². The van der Waals surface area contributed by atoms with Crippen molar-refractivity contribution >= 4 is 33.9 Å². The Bertz CT molecular complexity index is 1300. The van der Waals surface area contributed by atoms with Gasteiger partial charge in [0.05, 0.1) is 13.2 Å². The van der Waals surface area contributed by atoms with E-state index in [4.69, 9.17) is 17.0 Å². The molecule has 1 heterocycles. The highest BCUT2D eigenvalue weighted by atomic mass is 32.1. The maximum absolute atomic E-state index is 12.9. The summed E-state index contributed by atoms with van der Waals surface area (Å²) in [6.45, 7) is 5.54. The van der Waals surface area contributed by atoms with Gasteiger partial charge in [0.15, 0.2) is 5.11 Å². The second kappa shape index (κ2) is 10.3. The molecule has 6 heteroatoms. The number of pyridine rings is 1. The Hall–Kier alpha value is -3.64. The Labute approximate surface area is 199 Å². The van der Waals surface area contributed by atoms with Crippen LogP contribution in [-0.4, -0.2) is 21.6 Å². The highest BCUT2D eigenvalue weighted by molar-refractivity contribution is 7.80. The minimum absolute atomic E-state index is 0.122. The number of nitrogens with one attached hydrogen (secondary N) is 2. The fraction of sp³-hybridized carbons (Fsp3) is 0.185. The lowest BCUT2D eigenvalue weighted by Gasteiger charge is -2.26. The van der Waals surface area contributed by atoms with Crippen molar-refractivity contribution in [1.29, 1.82) is 0 Å². The van der Waals surface area contributed by atoms with Crippen LogP contribution in [0.4, 0.5) is 5.69 Å². The van der Waals surface area contributed by atoms with Crippen molar-refractivity contribution < 1.29 is 4.74 Å². The van der Waals surface area contributed by atoms with Crippen LogP contribution >= 0.6 is 12.2 Å². The fourth-order valence-corrected chi connectivity index (χ4v) is 3.90. The van der Waals surface area contributed by atoms with Crippen LogP contribution in [0.1, 0.15) is 23.6 Å². The maximum Gasteiger partial charge on any atom is 0.253 e. The van der Waals surface area contributed by atoms with Gasteiger partial charge in [0.2, 0.25) is 0 Å². The summed E-state index contributed by atoms with van der Waals surface area (Å²) in [5, 5.41) is 4.80. The zero-order valence-corrected chi connectivity index (χ0v) is 19.6. The number of nitrogens with zero attached hydrogens (tertiary/aromatic N) is 1. The van der Waals surface area contributed by atoms with Crippen LogP contribution in [0.5, 0.6) is 5.75 Å². The fourth-order valence-electron chi connectivity index (χ4n) is 3.65. The summed E-state index contributed by atoms with van der Waals surface area (Å²) in [5.41, 5.74) is 4.51. The lowest BCUT2D eigenvalue weighted by molar-refractivity contribution is 0.340. The van der Waals surface area contributed by atoms with Gasteiger partial charge < -0.3 is 19.9 Å². The number of fused-ring (bicyclic) bond motifs is 1. The van der Waals surface area contributed by atoms with Gasteiger partial charge >= 0.3 is 0 Å². The molecule has 0 atom stereocenters. The normalized spacial score (nSPS) is 10.7. The summed E-state index contributed by atoms with van der Waals surface area (Å²) in [6.07, 6.45) is 0. The molecule has 0 saturated heterocycles. The van der Waals surface area contributed by atoms with E-state index < -0.39 is 0 Å². The molecule has 168 valence electrons. The summed E-state index contributed by atoms with van der Waals surface area (Å²) in [5.74, 6) is 0.778. The third-order valence-corrected chi connectivity index (χ3v) is 5.73. The highest BCUT2D eigenvalue weighted by Gasteiger charge is 2.15. The molecular weight excluding hydrogens is 430 g/mol. The van der Waals surface area contributed by atoms with Crippen molar-refractivity contribution in [3.63, 3.8) is 0 Å². The predicted octanol–water partition coefficient (Wildman–Crippen LogP) is 5.63. The van der Waals surface area contributed by atoms with Crippen molar-refractivity contribution in [3.8, 4) is 5.75 Å². The molecule has 0 saturated carbocycles. The van der Waals surface area contributed by atoms with Crippen molar-refractivity contribution in [3.05, 3.63) is 106 Å². The summed E-state index contributed by atoms with van der Waals surface area (Å²) in [4.78, 5) is 17.9. The van der Waals surface area contributed by atoms with Gasteiger partial charge in [-0.05, 0) is 68.0 Å². The molecule has 0 aliphatic rings. The molecule has 0 spiro atoms. The van der Waals surface area contributed by atoms with Crippen molar-refractivity contribution in [2.45, 2.75) is 26.9 Å². The molecule has 0 amide bonds. The number of hydrogen-bond acceptors (Lipinski definition) is 3. The lowest BCUT2D eigenvalue weighted by Crippen LogP contribution is -2.35. The lowest BCUT2D eigenvalue weighted by atomic mass is 10.1. The number of aryl methyl sites for hydroxylation is 1. The Kier molecular flexibility index (Phi) is 7.05. The Balaban J connectivity index is 1.64. The number of benzene rings is 3. The first kappa shape index (κ1) is 22.6. The van der Waals surface area contributed by atoms with Crippen LogP contribution in [0.15, 0.2) is 83.7 Å². The van der Waals surface area contributed by atoms with E-state index in [1.165, 1.54) is 5.56 Å². The molecule has 1 aromatic heterocycles. The van der Waals surface area contributed by atoms with Gasteiger partial charge in [0, 0.05) is 28.7 Å². The maximum atomic E-state index is 12.9. The van der Waals surface area contributed by atoms with E-state index in [1.54, 1.807) is 0 Å². The number of aromatic amines is 1. The molecule has 4 aromatic rings. The number of aromatic nitrogens is 1. The summed E-state index contributed by atoms with van der Waals surface area (Å²) >= 11 is 5.77. The topological polar surface area (TPSA) is 57.4 Å². The Morgan fingerprint density at radius 2 is 1.76 bits per heavy atom. The molecule has 5 nitrogen and oxygen atoms in total. The van der Waals surface area contributed by atoms with E-state index in [9.17, 15) is 4.79 Å². The van der Waals surface area contributed by atoms with E-state index in [-0.39, 0.29) is 5.56 Å². The van der Waals surface area contributed by atoms with Crippen molar-refractivity contribution in [2.75, 3.05) is 11.9 Å². The van der Waals surface area contributed by atoms with Crippen LogP contribution in [0, 0.1) is 6.92 Å². The summed E-state index contributed by atoms with van der Waals surface area (Å²) < 4.78 is 5.62. The van der Waals surface area contributed by atoms with Gasteiger partial charge in [-0.25, -0.2) is 0 Å². The highest BCUT2D eigenvalue weighted by Crippen LogP contribution is 2.20. The molecule has 4 rings (SSSR count). The Morgan fingerprint density at radius 3 is 2.48 bits per heavy atom. The average Bonchev–Trinajstić information content (AvgIpc) is 2.81. The van der Waals surface area contributed by atoms with Crippen LogP contribution in [-0.2, 0) is 13.1 Å². The monoisotopic (exact) mass is 457 g/mol. The SMILES string of the molecule is CCOc1ccc2[nH]c(=O)c(CN(Cc3ccccc3)C(=S)Nc3ccc(C)cc3)cc2c1. The minimum atomic E-state index is -0.122. The number of thiocarbonyl (C=S) groups is 1. The number of H-pyrrole nitrogens is 1. The summed E-state index contributed by atoms with van der Waals surface area (Å²) in [6, 6.07) is 25.8. The van der Waals surface area contributed by atoms with E-state index in [1.807, 2.05) is 85.5 Å². The molecule has 0 unspecified atom stereocenters. The standard InChI is InChI=1S/C27H27N3O2S/c1-3-32-24-13-14-25-21(16-24)15-22(26(31)29-25)18-30(17-20-7-5-4-6-8-20)27(33)28-23-11-9-19(2)10-12-23/h4-16H,3,17-18H2,1-2H3,(H,28,33)(H,29,31). The molecule has 33 heavy (non-hydrogen) atoms. The molecule has 0 radical (unpaired) electrons. The number of rotatable bonds is 7. The van der Waals surface area contributed by atoms with Gasteiger partial charge in [-0.3, -0.25) is 4.79 Å². The predicted molar refractivity (Wildman–Crippen MR) is 139 cm³/mol. The number of anilines is 1. The summed E-state index contributed by atoms with van der Waals surface area (Å²) in [7, 11) is 0. The van der Waals surface area contributed by atoms with Gasteiger partial charge in [-0.2, -0.15) is 0 Å². The first-order valence-electron chi connectivity index (χ1n) is 11.0. The van der Waals surface area contributed by atoms with Gasteiger partial charge in [-0.15, -0.1) is 0 Å². The molecular formula is C27H27N3O2S. The van der Waals surface area contributed by atoms with Crippen LogP contribution in [0.3, 0.4) is 0 Å². The largest absolute Gasteiger partial charge is 0.494 e. The second-order valence-electron chi connectivity index (χ2n) is 7.94. The van der Waals surface area contributed by atoms with E-state index >= 15 is 0 Å². The van der Waals surface area contributed by atoms with Gasteiger partial charge in [-0.1, -0.05) is 48.0 Å². The van der Waals surface area contributed by atoms with Gasteiger partial charge in [0.1, 0.15) is 5.75 Å². The third kappa shape index (κ3) is 5.79. The van der Waals surface area contributed by atoms with Crippen LogP contribution < -0.4 is 15.6 Å². The number of ether oxygens (including phenoxy) is 1. The second-order valence-corrected chi connectivity index (χ2v) is 8.33. The van der Waals surface area contributed by atoms with Gasteiger partial charge in [0.25, 0.3) is 5.56 Å². The smallest absolute Gasteiger partial charge is 0.253 e. The molecule has 3 aromatic carbocycles. The zero-order chi connectivity index (χ0) is 23.2. The number of hydrogen-bond donors (Lipinski definition) is 2. The minimum Gasteiger partial charge on any atom is -0.494 e. The average molecular weight is 458 g/mol.